The van der Waals surface area contributed by atoms with Crippen LogP contribution in [-0.2, 0) is 0 Å². The molecule has 0 radical (unpaired) electrons. The van der Waals surface area contributed by atoms with Crippen LogP contribution in [0.3, 0.4) is 0 Å². The van der Waals surface area contributed by atoms with Gasteiger partial charge >= 0.3 is 0 Å². The standard InChI is InChI=1S/C17H23ClN2O/c18-13-5-6-17-14(7-13)16(9-20-17)15(8-19)12-3-1-11(10-21)2-4-12/h5-7,9,11-12,15,20-21H,1-4,8,10,19H2. The molecule has 0 saturated heterocycles. The molecular formula is C17H23ClN2O. The van der Waals surface area contributed by atoms with E-state index in [4.69, 9.17) is 17.3 Å². The summed E-state index contributed by atoms with van der Waals surface area (Å²) in [5.74, 6) is 1.46. The first kappa shape index (κ1) is 14.9. The summed E-state index contributed by atoms with van der Waals surface area (Å²) in [6.07, 6.45) is 6.62. The number of fused-ring (bicyclic) bond motifs is 1. The van der Waals surface area contributed by atoms with Crippen LogP contribution in [0.1, 0.15) is 37.2 Å². The minimum atomic E-state index is 0.322. The Kier molecular flexibility index (Phi) is 4.53. The lowest BCUT2D eigenvalue weighted by Crippen LogP contribution is -2.26. The Bertz CT molecular complexity index is 602. The predicted octanol–water partition coefficient (Wildman–Crippen LogP) is 3.66. The van der Waals surface area contributed by atoms with E-state index in [-0.39, 0.29) is 0 Å². The molecule has 1 aliphatic carbocycles. The van der Waals surface area contributed by atoms with Gasteiger partial charge < -0.3 is 15.8 Å². The highest BCUT2D eigenvalue weighted by Crippen LogP contribution is 2.40. The zero-order chi connectivity index (χ0) is 14.8. The van der Waals surface area contributed by atoms with Gasteiger partial charge in [0.2, 0.25) is 0 Å². The lowest BCUT2D eigenvalue weighted by molar-refractivity contribution is 0.158. The molecule has 1 atom stereocenters. The molecule has 114 valence electrons. The van der Waals surface area contributed by atoms with Crippen LogP contribution in [0.5, 0.6) is 0 Å². The Morgan fingerprint density at radius 3 is 2.71 bits per heavy atom. The van der Waals surface area contributed by atoms with Gasteiger partial charge in [-0.2, -0.15) is 0 Å². The number of aliphatic hydroxyl groups is 1. The Hall–Kier alpha value is -1.03. The van der Waals surface area contributed by atoms with E-state index >= 15 is 0 Å². The molecule has 0 aliphatic heterocycles. The molecule has 1 unspecified atom stereocenters. The van der Waals surface area contributed by atoms with E-state index in [1.54, 1.807) is 0 Å². The number of rotatable bonds is 4. The summed E-state index contributed by atoms with van der Waals surface area (Å²) >= 11 is 6.15. The first-order valence-corrected chi connectivity index (χ1v) is 8.18. The van der Waals surface area contributed by atoms with Crippen molar-refractivity contribution in [2.75, 3.05) is 13.2 Å². The van der Waals surface area contributed by atoms with Gasteiger partial charge in [0.15, 0.2) is 0 Å². The maximum absolute atomic E-state index is 9.28. The summed E-state index contributed by atoms with van der Waals surface area (Å²) < 4.78 is 0. The smallest absolute Gasteiger partial charge is 0.0459 e. The molecule has 21 heavy (non-hydrogen) atoms. The monoisotopic (exact) mass is 306 g/mol. The van der Waals surface area contributed by atoms with Gasteiger partial charge in [-0.1, -0.05) is 11.6 Å². The number of hydrogen-bond acceptors (Lipinski definition) is 2. The molecule has 1 heterocycles. The van der Waals surface area contributed by atoms with Gasteiger partial charge in [-0.15, -0.1) is 0 Å². The average Bonchev–Trinajstić information content (AvgIpc) is 2.92. The van der Waals surface area contributed by atoms with Crippen LogP contribution in [0, 0.1) is 11.8 Å². The van der Waals surface area contributed by atoms with E-state index in [1.807, 2.05) is 18.2 Å². The van der Waals surface area contributed by atoms with E-state index in [2.05, 4.69) is 11.2 Å². The Balaban J connectivity index is 1.86. The zero-order valence-corrected chi connectivity index (χ0v) is 12.9. The molecule has 3 nitrogen and oxygen atoms in total. The van der Waals surface area contributed by atoms with Crippen LogP contribution in [0.2, 0.25) is 5.02 Å². The van der Waals surface area contributed by atoms with Gasteiger partial charge in [-0.25, -0.2) is 0 Å². The molecule has 0 spiro atoms. The van der Waals surface area contributed by atoms with Crippen molar-refractivity contribution in [3.8, 4) is 0 Å². The fourth-order valence-corrected chi connectivity index (χ4v) is 3.94. The van der Waals surface area contributed by atoms with Gasteiger partial charge in [0.1, 0.15) is 0 Å². The second kappa shape index (κ2) is 6.39. The van der Waals surface area contributed by atoms with Crippen molar-refractivity contribution in [3.05, 3.63) is 35.0 Å². The van der Waals surface area contributed by atoms with Crippen molar-refractivity contribution in [2.45, 2.75) is 31.6 Å². The predicted molar refractivity (Wildman–Crippen MR) is 87.6 cm³/mol. The Morgan fingerprint density at radius 2 is 2.05 bits per heavy atom. The fourth-order valence-electron chi connectivity index (χ4n) is 3.77. The SMILES string of the molecule is NCC(c1c[nH]c2ccc(Cl)cc12)C1CCC(CO)CC1. The lowest BCUT2D eigenvalue weighted by Gasteiger charge is -2.32. The largest absolute Gasteiger partial charge is 0.396 e. The maximum Gasteiger partial charge on any atom is 0.0459 e. The third-order valence-corrected chi connectivity index (χ3v) is 5.28. The van der Waals surface area contributed by atoms with Crippen LogP contribution in [-0.4, -0.2) is 23.2 Å². The molecule has 1 saturated carbocycles. The van der Waals surface area contributed by atoms with Crippen molar-refractivity contribution in [1.82, 2.24) is 4.98 Å². The van der Waals surface area contributed by atoms with Crippen LogP contribution in [0.25, 0.3) is 10.9 Å². The minimum absolute atomic E-state index is 0.322. The van der Waals surface area contributed by atoms with Crippen LogP contribution in [0.15, 0.2) is 24.4 Å². The highest BCUT2D eigenvalue weighted by atomic mass is 35.5. The summed E-state index contributed by atoms with van der Waals surface area (Å²) in [6, 6.07) is 5.97. The Labute approximate surface area is 130 Å². The summed E-state index contributed by atoms with van der Waals surface area (Å²) in [5.41, 5.74) is 8.51. The molecule has 4 heteroatoms. The first-order valence-electron chi connectivity index (χ1n) is 7.80. The molecule has 1 fully saturated rings. The minimum Gasteiger partial charge on any atom is -0.396 e. The van der Waals surface area contributed by atoms with E-state index in [0.717, 1.165) is 36.2 Å². The molecular weight excluding hydrogens is 284 g/mol. The second-order valence-electron chi connectivity index (χ2n) is 6.24. The molecule has 1 aromatic heterocycles. The number of aliphatic hydroxyl groups excluding tert-OH is 1. The van der Waals surface area contributed by atoms with E-state index in [1.165, 1.54) is 10.9 Å². The van der Waals surface area contributed by atoms with Gasteiger partial charge in [0.05, 0.1) is 0 Å². The van der Waals surface area contributed by atoms with Gasteiger partial charge in [0, 0.05) is 34.6 Å². The van der Waals surface area contributed by atoms with Gasteiger partial charge in [-0.05, 0) is 67.8 Å². The quantitative estimate of drug-likeness (QED) is 0.807. The number of halogens is 1. The first-order chi connectivity index (χ1) is 10.2. The summed E-state index contributed by atoms with van der Waals surface area (Å²) in [7, 11) is 0. The van der Waals surface area contributed by atoms with Crippen molar-refractivity contribution in [1.29, 1.82) is 0 Å². The summed E-state index contributed by atoms with van der Waals surface area (Å²) in [5, 5.41) is 11.2. The van der Waals surface area contributed by atoms with E-state index in [0.29, 0.717) is 30.9 Å². The third-order valence-electron chi connectivity index (χ3n) is 5.05. The van der Waals surface area contributed by atoms with E-state index < -0.39 is 0 Å². The number of nitrogens with two attached hydrogens (primary N) is 1. The molecule has 0 bridgehead atoms. The van der Waals surface area contributed by atoms with Crippen molar-refractivity contribution >= 4 is 22.5 Å². The zero-order valence-electron chi connectivity index (χ0n) is 12.2. The van der Waals surface area contributed by atoms with Gasteiger partial charge in [0.25, 0.3) is 0 Å². The molecule has 3 rings (SSSR count). The van der Waals surface area contributed by atoms with E-state index in [9.17, 15) is 5.11 Å². The Morgan fingerprint density at radius 1 is 1.29 bits per heavy atom. The fraction of sp³-hybridized carbons (Fsp3) is 0.529. The maximum atomic E-state index is 9.28. The number of aromatic amines is 1. The molecule has 2 aromatic rings. The lowest BCUT2D eigenvalue weighted by atomic mass is 9.73. The van der Waals surface area contributed by atoms with Gasteiger partial charge in [-0.3, -0.25) is 0 Å². The number of hydrogen-bond donors (Lipinski definition) is 3. The summed E-state index contributed by atoms with van der Waals surface area (Å²) in [4.78, 5) is 3.34. The third kappa shape index (κ3) is 2.96. The topological polar surface area (TPSA) is 62.0 Å². The molecule has 0 amide bonds. The van der Waals surface area contributed by atoms with Crippen LogP contribution in [0.4, 0.5) is 0 Å². The molecule has 1 aromatic carbocycles. The van der Waals surface area contributed by atoms with Crippen LogP contribution >= 0.6 is 11.6 Å². The summed E-state index contributed by atoms with van der Waals surface area (Å²) in [6.45, 7) is 0.983. The molecule has 4 N–H and O–H groups in total. The normalized spacial score (nSPS) is 24.3. The second-order valence-corrected chi connectivity index (χ2v) is 6.68. The van der Waals surface area contributed by atoms with Crippen molar-refractivity contribution in [2.24, 2.45) is 17.6 Å². The number of nitrogens with one attached hydrogen (secondary N) is 1. The van der Waals surface area contributed by atoms with Crippen molar-refractivity contribution < 1.29 is 5.11 Å². The number of aromatic nitrogens is 1. The highest BCUT2D eigenvalue weighted by Gasteiger charge is 2.29. The average molecular weight is 307 g/mol. The highest BCUT2D eigenvalue weighted by molar-refractivity contribution is 6.31. The van der Waals surface area contributed by atoms with Crippen LogP contribution < -0.4 is 5.73 Å². The number of benzene rings is 1. The number of H-pyrrole nitrogens is 1. The molecule has 1 aliphatic rings. The van der Waals surface area contributed by atoms with Crippen molar-refractivity contribution in [3.63, 3.8) is 0 Å².